The lowest BCUT2D eigenvalue weighted by molar-refractivity contribution is -0.137. The number of halogens is 4. The molecule has 0 atom stereocenters. The molecule has 8 nitrogen and oxygen atoms in total. The van der Waals surface area contributed by atoms with Gasteiger partial charge in [-0.15, -0.1) is 10.2 Å². The Hall–Kier alpha value is -3.70. The molecule has 1 aromatic carbocycles. The monoisotopic (exact) mass is 451 g/mol. The molecule has 0 radical (unpaired) electrons. The molecule has 3 N–H and O–H groups in total. The van der Waals surface area contributed by atoms with E-state index in [0.717, 1.165) is 23.0 Å². The summed E-state index contributed by atoms with van der Waals surface area (Å²) in [4.78, 5) is 11.9. The molecule has 3 aromatic rings. The third kappa shape index (κ3) is 5.50. The van der Waals surface area contributed by atoms with Crippen molar-refractivity contribution < 1.29 is 22.4 Å². The molecule has 2 heterocycles. The van der Waals surface area contributed by atoms with Gasteiger partial charge in [0.2, 0.25) is 0 Å². The predicted molar refractivity (Wildman–Crippen MR) is 110 cm³/mol. The molecule has 32 heavy (non-hydrogen) atoms. The van der Waals surface area contributed by atoms with Gasteiger partial charge in [0.05, 0.1) is 11.3 Å². The summed E-state index contributed by atoms with van der Waals surface area (Å²) in [6, 6.07) is 4.49. The number of urea groups is 1. The molecule has 2 aromatic heterocycles. The first-order valence-electron chi connectivity index (χ1n) is 9.58. The fourth-order valence-electron chi connectivity index (χ4n) is 2.84. The number of aryl methyl sites for hydroxylation is 1. The number of aromatic nitrogens is 4. The maximum absolute atomic E-state index is 13.4. The van der Waals surface area contributed by atoms with Crippen molar-refractivity contribution in [3.8, 4) is 5.82 Å². The normalized spacial score (nSPS) is 11.3. The molecule has 3 rings (SSSR count). The van der Waals surface area contributed by atoms with E-state index in [1.807, 2.05) is 20.8 Å². The summed E-state index contributed by atoms with van der Waals surface area (Å²) >= 11 is 0. The van der Waals surface area contributed by atoms with Gasteiger partial charge < -0.3 is 16.0 Å². The van der Waals surface area contributed by atoms with Crippen LogP contribution in [0.2, 0.25) is 0 Å². The second kappa shape index (κ2) is 9.20. The second-order valence-electron chi connectivity index (χ2n) is 7.02. The van der Waals surface area contributed by atoms with E-state index in [4.69, 9.17) is 0 Å². The van der Waals surface area contributed by atoms with Gasteiger partial charge in [0, 0.05) is 24.5 Å². The Balaban J connectivity index is 1.49. The first-order chi connectivity index (χ1) is 15.0. The van der Waals surface area contributed by atoms with E-state index in [2.05, 4.69) is 31.2 Å². The fraction of sp³-hybridized carbons (Fsp3) is 0.300. The van der Waals surface area contributed by atoms with E-state index in [9.17, 15) is 22.4 Å². The summed E-state index contributed by atoms with van der Waals surface area (Å²) in [6.45, 7) is 6.23. The number of hydrogen-bond acceptors (Lipinski definition) is 5. The summed E-state index contributed by atoms with van der Waals surface area (Å²) in [5.41, 5.74) is 1.46. The molecule has 0 unspecified atom stereocenters. The number of alkyl halides is 3. The number of carbonyl (C=O) groups excluding carboxylic acids is 1. The predicted octanol–water partition coefficient (Wildman–Crippen LogP) is 3.98. The highest BCUT2D eigenvalue weighted by Crippen LogP contribution is 2.31. The minimum Gasteiger partial charge on any atom is -0.367 e. The van der Waals surface area contributed by atoms with Gasteiger partial charge in [-0.2, -0.15) is 18.3 Å². The summed E-state index contributed by atoms with van der Waals surface area (Å²) in [6.07, 6.45) is -4.72. The van der Waals surface area contributed by atoms with Gasteiger partial charge in [-0.05, 0) is 56.7 Å². The summed E-state index contributed by atoms with van der Waals surface area (Å²) in [5, 5.41) is 20.2. The minimum atomic E-state index is -4.72. The van der Waals surface area contributed by atoms with E-state index in [-0.39, 0.29) is 18.8 Å². The van der Waals surface area contributed by atoms with Gasteiger partial charge >= 0.3 is 12.2 Å². The molecule has 0 aliphatic carbocycles. The number of hydrogen-bond donors (Lipinski definition) is 3. The highest BCUT2D eigenvalue weighted by molar-refractivity contribution is 5.89. The van der Waals surface area contributed by atoms with Crippen LogP contribution in [0.25, 0.3) is 5.82 Å². The Labute approximate surface area is 181 Å². The Kier molecular flexibility index (Phi) is 6.61. The van der Waals surface area contributed by atoms with Crippen LogP contribution in [0.1, 0.15) is 22.5 Å². The van der Waals surface area contributed by atoms with E-state index in [1.165, 1.54) is 0 Å². The van der Waals surface area contributed by atoms with Crippen LogP contribution in [0.5, 0.6) is 0 Å². The summed E-state index contributed by atoms with van der Waals surface area (Å²) < 4.78 is 53.3. The molecule has 0 saturated heterocycles. The molecule has 0 saturated carbocycles. The maximum atomic E-state index is 13.4. The van der Waals surface area contributed by atoms with E-state index < -0.39 is 23.6 Å². The molecule has 0 aliphatic heterocycles. The summed E-state index contributed by atoms with van der Waals surface area (Å²) in [5.74, 6) is -0.0707. The average Bonchev–Trinajstić information content (AvgIpc) is 2.98. The van der Waals surface area contributed by atoms with Gasteiger partial charge in [-0.1, -0.05) is 0 Å². The lowest BCUT2D eigenvalue weighted by Gasteiger charge is -2.12. The molecule has 12 heteroatoms. The van der Waals surface area contributed by atoms with E-state index in [1.54, 1.807) is 16.8 Å². The van der Waals surface area contributed by atoms with Crippen LogP contribution in [0.4, 0.5) is 33.9 Å². The number of benzene rings is 1. The Morgan fingerprint density at radius 2 is 1.81 bits per heavy atom. The van der Waals surface area contributed by atoms with Gasteiger partial charge in [-0.3, -0.25) is 0 Å². The molecule has 0 spiro atoms. The molecule has 0 aliphatic rings. The number of nitrogens with one attached hydrogen (secondary N) is 3. The zero-order valence-electron chi connectivity index (χ0n) is 17.5. The lowest BCUT2D eigenvalue weighted by Crippen LogP contribution is -2.32. The zero-order chi connectivity index (χ0) is 23.5. The molecular formula is C20H21F4N7O. The molecule has 0 fully saturated rings. The van der Waals surface area contributed by atoms with Crippen molar-refractivity contribution in [1.82, 2.24) is 25.3 Å². The van der Waals surface area contributed by atoms with E-state index in [0.29, 0.717) is 23.8 Å². The largest absolute Gasteiger partial charge is 0.416 e. The first kappa shape index (κ1) is 23.0. The topological polar surface area (TPSA) is 96.8 Å². The van der Waals surface area contributed by atoms with Crippen molar-refractivity contribution in [3.05, 3.63) is 58.7 Å². The Morgan fingerprint density at radius 1 is 1.06 bits per heavy atom. The minimum absolute atomic E-state index is 0.132. The maximum Gasteiger partial charge on any atom is 0.416 e. The standard InChI is InChI=1S/C20H21F4N7O/c1-11-12(2)30-31(13(11)3)18-5-4-17(28-29-18)25-6-7-26-19(32)27-16-9-14(20(22,23)24)8-15(21)10-16/h4-5,8-10H,6-7H2,1-3H3,(H,25,28)(H2,26,27,32). The zero-order valence-corrected chi connectivity index (χ0v) is 17.5. The lowest BCUT2D eigenvalue weighted by atomic mass is 10.2. The SMILES string of the molecule is Cc1nn(-c2ccc(NCCNC(=O)Nc3cc(F)cc(C(F)(F)F)c3)nn2)c(C)c1C. The molecule has 2 amide bonds. The Bertz CT molecular complexity index is 1110. The van der Waals surface area contributed by atoms with Crippen molar-refractivity contribution in [1.29, 1.82) is 0 Å². The molecule has 0 bridgehead atoms. The third-order valence-corrected chi connectivity index (χ3v) is 4.72. The number of rotatable bonds is 6. The highest BCUT2D eigenvalue weighted by atomic mass is 19.4. The van der Waals surface area contributed by atoms with Crippen molar-refractivity contribution in [2.45, 2.75) is 26.9 Å². The number of carbonyl (C=O) groups is 1. The number of anilines is 2. The van der Waals surface area contributed by atoms with Gasteiger partial charge in [0.15, 0.2) is 5.82 Å². The van der Waals surface area contributed by atoms with Crippen LogP contribution in [0, 0.1) is 26.6 Å². The third-order valence-electron chi connectivity index (χ3n) is 4.72. The van der Waals surface area contributed by atoms with Crippen LogP contribution >= 0.6 is 0 Å². The van der Waals surface area contributed by atoms with Crippen LogP contribution in [-0.2, 0) is 6.18 Å². The van der Waals surface area contributed by atoms with Crippen molar-refractivity contribution in [3.63, 3.8) is 0 Å². The number of amides is 2. The smallest absolute Gasteiger partial charge is 0.367 e. The highest BCUT2D eigenvalue weighted by Gasteiger charge is 2.31. The molecule has 170 valence electrons. The van der Waals surface area contributed by atoms with E-state index >= 15 is 0 Å². The average molecular weight is 451 g/mol. The quantitative estimate of drug-likeness (QED) is 0.389. The summed E-state index contributed by atoms with van der Waals surface area (Å²) in [7, 11) is 0. The van der Waals surface area contributed by atoms with Gasteiger partial charge in [0.25, 0.3) is 0 Å². The molecular weight excluding hydrogens is 430 g/mol. The van der Waals surface area contributed by atoms with Crippen LogP contribution in [0.15, 0.2) is 30.3 Å². The van der Waals surface area contributed by atoms with Crippen molar-refractivity contribution in [2.75, 3.05) is 23.7 Å². The second-order valence-corrected chi connectivity index (χ2v) is 7.02. The van der Waals surface area contributed by atoms with Crippen LogP contribution in [-0.4, -0.2) is 39.1 Å². The van der Waals surface area contributed by atoms with Crippen LogP contribution in [0.3, 0.4) is 0 Å². The van der Waals surface area contributed by atoms with Crippen molar-refractivity contribution in [2.24, 2.45) is 0 Å². The van der Waals surface area contributed by atoms with Gasteiger partial charge in [-0.25, -0.2) is 13.9 Å². The van der Waals surface area contributed by atoms with Crippen LogP contribution < -0.4 is 16.0 Å². The fourth-order valence-corrected chi connectivity index (χ4v) is 2.84. The van der Waals surface area contributed by atoms with Gasteiger partial charge in [0.1, 0.15) is 11.6 Å². The first-order valence-corrected chi connectivity index (χ1v) is 9.58. The Morgan fingerprint density at radius 3 is 2.41 bits per heavy atom. The number of nitrogens with zero attached hydrogens (tertiary/aromatic N) is 4. The van der Waals surface area contributed by atoms with Crippen molar-refractivity contribution >= 4 is 17.5 Å².